The molecule has 0 unspecified atom stereocenters. The molecule has 0 aliphatic carbocycles. The maximum absolute atomic E-state index is 6.05. The third-order valence-corrected chi connectivity index (χ3v) is 4.28. The van der Waals surface area contributed by atoms with Crippen LogP contribution in [0.4, 0.5) is 0 Å². The first-order chi connectivity index (χ1) is 12.3. The molecule has 3 aromatic rings. The Morgan fingerprint density at radius 3 is 3.04 bits per heavy atom. The molecule has 0 bridgehead atoms. The second-order valence-corrected chi connectivity index (χ2v) is 6.16. The van der Waals surface area contributed by atoms with E-state index in [0.29, 0.717) is 6.54 Å². The zero-order valence-corrected chi connectivity index (χ0v) is 14.1. The Balaban J connectivity index is 1.37. The van der Waals surface area contributed by atoms with Gasteiger partial charge in [0.15, 0.2) is 11.6 Å². The number of benzene rings is 1. The molecule has 0 radical (unpaired) electrons. The third-order valence-electron chi connectivity index (χ3n) is 4.28. The van der Waals surface area contributed by atoms with Crippen molar-refractivity contribution in [3.8, 4) is 11.6 Å². The van der Waals surface area contributed by atoms with Crippen molar-refractivity contribution in [2.24, 2.45) is 0 Å². The first-order valence-corrected chi connectivity index (χ1v) is 8.46. The minimum atomic E-state index is 0.163. The van der Waals surface area contributed by atoms with E-state index in [9.17, 15) is 0 Å². The molecule has 7 nitrogen and oxygen atoms in total. The number of tetrazole rings is 1. The SMILES string of the molecule is Cc1cccc(-n2nnnc2CNC[C@H]2CCc3ccccc3O2)n1. The molecule has 1 aromatic carbocycles. The molecule has 25 heavy (non-hydrogen) atoms. The molecule has 0 amide bonds. The maximum Gasteiger partial charge on any atom is 0.172 e. The summed E-state index contributed by atoms with van der Waals surface area (Å²) in [5, 5.41) is 15.3. The number of rotatable bonds is 5. The molecular weight excluding hydrogens is 316 g/mol. The van der Waals surface area contributed by atoms with E-state index < -0.39 is 0 Å². The van der Waals surface area contributed by atoms with Crippen LogP contribution >= 0.6 is 0 Å². The van der Waals surface area contributed by atoms with E-state index in [2.05, 4.69) is 38.0 Å². The van der Waals surface area contributed by atoms with Gasteiger partial charge in [-0.1, -0.05) is 24.3 Å². The van der Waals surface area contributed by atoms with Crippen molar-refractivity contribution in [2.45, 2.75) is 32.4 Å². The molecule has 1 aliphatic rings. The van der Waals surface area contributed by atoms with Gasteiger partial charge in [0.2, 0.25) is 0 Å². The fourth-order valence-electron chi connectivity index (χ4n) is 3.01. The van der Waals surface area contributed by atoms with Crippen LogP contribution in [0.25, 0.3) is 5.82 Å². The second-order valence-electron chi connectivity index (χ2n) is 6.16. The Bertz CT molecular complexity index is 862. The van der Waals surface area contributed by atoms with Crippen LogP contribution in [0.1, 0.15) is 23.5 Å². The molecule has 3 heterocycles. The average Bonchev–Trinajstić information content (AvgIpc) is 3.10. The molecule has 7 heteroatoms. The van der Waals surface area contributed by atoms with Gasteiger partial charge in [0.05, 0.1) is 6.54 Å². The van der Waals surface area contributed by atoms with E-state index >= 15 is 0 Å². The van der Waals surface area contributed by atoms with E-state index in [1.54, 1.807) is 4.68 Å². The van der Waals surface area contributed by atoms with E-state index in [4.69, 9.17) is 4.74 Å². The van der Waals surface area contributed by atoms with Crippen molar-refractivity contribution in [1.29, 1.82) is 0 Å². The molecule has 2 aromatic heterocycles. The van der Waals surface area contributed by atoms with E-state index in [1.807, 2.05) is 37.3 Å². The molecule has 1 N–H and O–H groups in total. The van der Waals surface area contributed by atoms with Crippen molar-refractivity contribution in [2.75, 3.05) is 6.54 Å². The Hall–Kier alpha value is -2.80. The van der Waals surface area contributed by atoms with Crippen LogP contribution in [0.3, 0.4) is 0 Å². The fraction of sp³-hybridized carbons (Fsp3) is 0.333. The van der Waals surface area contributed by atoms with Crippen LogP contribution in [0.2, 0.25) is 0 Å². The highest BCUT2D eigenvalue weighted by Gasteiger charge is 2.19. The van der Waals surface area contributed by atoms with Crippen molar-refractivity contribution in [3.63, 3.8) is 0 Å². The molecule has 0 saturated carbocycles. The second kappa shape index (κ2) is 6.98. The van der Waals surface area contributed by atoms with Gasteiger partial charge < -0.3 is 10.1 Å². The van der Waals surface area contributed by atoms with Crippen LogP contribution < -0.4 is 10.1 Å². The molecule has 4 rings (SSSR count). The van der Waals surface area contributed by atoms with Crippen molar-refractivity contribution >= 4 is 0 Å². The molecule has 0 saturated heterocycles. The Morgan fingerprint density at radius 2 is 2.12 bits per heavy atom. The van der Waals surface area contributed by atoms with Gasteiger partial charge in [0.1, 0.15) is 11.9 Å². The maximum atomic E-state index is 6.05. The van der Waals surface area contributed by atoms with Crippen LogP contribution in [0.5, 0.6) is 5.75 Å². The normalized spacial score (nSPS) is 16.3. The molecule has 128 valence electrons. The van der Waals surface area contributed by atoms with Gasteiger partial charge in [-0.3, -0.25) is 0 Å². The number of pyridine rings is 1. The summed E-state index contributed by atoms with van der Waals surface area (Å²) in [6.07, 6.45) is 2.22. The lowest BCUT2D eigenvalue weighted by Gasteiger charge is -2.26. The summed E-state index contributed by atoms with van der Waals surface area (Å²) in [6, 6.07) is 14.0. The van der Waals surface area contributed by atoms with Gasteiger partial charge in [-0.2, -0.15) is 4.68 Å². The average molecular weight is 336 g/mol. The smallest absolute Gasteiger partial charge is 0.172 e. The van der Waals surface area contributed by atoms with E-state index in [-0.39, 0.29) is 6.10 Å². The zero-order chi connectivity index (χ0) is 17.1. The number of fused-ring (bicyclic) bond motifs is 1. The Morgan fingerprint density at radius 1 is 1.20 bits per heavy atom. The number of hydrogen-bond acceptors (Lipinski definition) is 6. The number of nitrogens with zero attached hydrogens (tertiary/aromatic N) is 5. The van der Waals surface area contributed by atoms with Gasteiger partial charge in [-0.15, -0.1) is 5.10 Å². The first kappa shape index (κ1) is 15.7. The summed E-state index contributed by atoms with van der Waals surface area (Å²) in [6.45, 7) is 3.26. The lowest BCUT2D eigenvalue weighted by Crippen LogP contribution is -2.34. The predicted molar refractivity (Wildman–Crippen MR) is 92.6 cm³/mol. The number of ether oxygens (including phenoxy) is 1. The lowest BCUT2D eigenvalue weighted by atomic mass is 10.0. The Labute approximate surface area is 146 Å². The number of para-hydroxylation sites is 1. The largest absolute Gasteiger partial charge is 0.489 e. The third kappa shape index (κ3) is 3.51. The molecule has 0 fully saturated rings. The summed E-state index contributed by atoms with van der Waals surface area (Å²) < 4.78 is 7.71. The summed E-state index contributed by atoms with van der Waals surface area (Å²) in [4.78, 5) is 4.47. The predicted octanol–water partition coefficient (Wildman–Crippen LogP) is 1.85. The van der Waals surface area contributed by atoms with Gasteiger partial charge in [0, 0.05) is 12.2 Å². The number of aromatic nitrogens is 5. The zero-order valence-electron chi connectivity index (χ0n) is 14.1. The van der Waals surface area contributed by atoms with E-state index in [1.165, 1.54) is 5.56 Å². The lowest BCUT2D eigenvalue weighted by molar-refractivity contribution is 0.170. The standard InChI is InChI=1S/C18H20N6O/c1-13-5-4-8-17(20-13)24-18(21-22-23-24)12-19-11-15-10-9-14-6-2-3-7-16(14)25-15/h2-8,15,19H,9-12H2,1H3/t15-/m1/s1. The van der Waals surface area contributed by atoms with Crippen LogP contribution in [0, 0.1) is 6.92 Å². The minimum Gasteiger partial charge on any atom is -0.489 e. The van der Waals surface area contributed by atoms with Crippen LogP contribution in [-0.2, 0) is 13.0 Å². The minimum absolute atomic E-state index is 0.163. The Kier molecular flexibility index (Phi) is 4.39. The first-order valence-electron chi connectivity index (χ1n) is 8.46. The van der Waals surface area contributed by atoms with Crippen molar-refractivity contribution in [3.05, 3.63) is 59.5 Å². The topological polar surface area (TPSA) is 77.8 Å². The van der Waals surface area contributed by atoms with E-state index in [0.717, 1.165) is 42.5 Å². The monoisotopic (exact) mass is 336 g/mol. The summed E-state index contributed by atoms with van der Waals surface area (Å²) in [5.74, 6) is 2.45. The highest BCUT2D eigenvalue weighted by atomic mass is 16.5. The molecular formula is C18H20N6O. The number of hydrogen-bond donors (Lipinski definition) is 1. The summed E-state index contributed by atoms with van der Waals surface area (Å²) >= 11 is 0. The summed E-state index contributed by atoms with van der Waals surface area (Å²) in [7, 11) is 0. The van der Waals surface area contributed by atoms with Crippen LogP contribution in [-0.4, -0.2) is 37.8 Å². The molecule has 0 spiro atoms. The highest BCUT2D eigenvalue weighted by molar-refractivity contribution is 5.35. The van der Waals surface area contributed by atoms with Gasteiger partial charge in [-0.05, 0) is 54.0 Å². The summed E-state index contributed by atoms with van der Waals surface area (Å²) in [5.41, 5.74) is 2.22. The quantitative estimate of drug-likeness (QED) is 0.766. The fourth-order valence-corrected chi connectivity index (χ4v) is 3.01. The van der Waals surface area contributed by atoms with Crippen molar-refractivity contribution in [1.82, 2.24) is 30.5 Å². The van der Waals surface area contributed by atoms with Crippen LogP contribution in [0.15, 0.2) is 42.5 Å². The molecule has 1 aliphatic heterocycles. The van der Waals surface area contributed by atoms with Crippen molar-refractivity contribution < 1.29 is 4.74 Å². The molecule has 1 atom stereocenters. The van der Waals surface area contributed by atoms with Gasteiger partial charge in [-0.25, -0.2) is 4.98 Å². The van der Waals surface area contributed by atoms with Gasteiger partial charge in [0.25, 0.3) is 0 Å². The number of nitrogens with one attached hydrogen (secondary N) is 1. The van der Waals surface area contributed by atoms with Gasteiger partial charge >= 0.3 is 0 Å². The highest BCUT2D eigenvalue weighted by Crippen LogP contribution is 2.26. The number of aryl methyl sites for hydroxylation is 2.